The summed E-state index contributed by atoms with van der Waals surface area (Å²) in [5.74, 6) is 0.918. The molecule has 1 aliphatic rings. The molecule has 4 nitrogen and oxygen atoms in total. The van der Waals surface area contributed by atoms with E-state index in [2.05, 4.69) is 11.9 Å². The topological polar surface area (TPSA) is 50.3 Å². The zero-order valence-corrected chi connectivity index (χ0v) is 16.3. The summed E-state index contributed by atoms with van der Waals surface area (Å²) in [6.07, 6.45) is 4.56. The molecule has 0 unspecified atom stereocenters. The molecule has 0 aliphatic carbocycles. The molecule has 1 saturated heterocycles. The standard InChI is InChI=1S/C19H24N2O2S2/c1-3-24-19-17(7-6-13-20-19)18-8-4-5-14-21(18)25(22,23)16-11-9-15(2)10-12-16/h6-7,9-13,18H,3-5,8,14H2,1-2H3/t18-/m1/s1. The van der Waals surface area contributed by atoms with Gasteiger partial charge in [-0.15, -0.1) is 11.8 Å². The minimum absolute atomic E-state index is 0.136. The van der Waals surface area contributed by atoms with Crippen LogP contribution in [-0.4, -0.2) is 30.0 Å². The minimum atomic E-state index is -3.51. The second-order valence-corrected chi connectivity index (χ2v) is 9.41. The second kappa shape index (κ2) is 7.89. The summed E-state index contributed by atoms with van der Waals surface area (Å²) in [5.41, 5.74) is 2.09. The van der Waals surface area contributed by atoms with E-state index >= 15 is 0 Å². The summed E-state index contributed by atoms with van der Waals surface area (Å²) < 4.78 is 28.2. The van der Waals surface area contributed by atoms with E-state index in [-0.39, 0.29) is 6.04 Å². The van der Waals surface area contributed by atoms with E-state index in [1.165, 1.54) is 0 Å². The molecule has 0 N–H and O–H groups in total. The number of nitrogens with zero attached hydrogens (tertiary/aromatic N) is 2. The van der Waals surface area contributed by atoms with E-state index in [0.29, 0.717) is 11.4 Å². The lowest BCUT2D eigenvalue weighted by Crippen LogP contribution is -2.38. The molecule has 6 heteroatoms. The number of thioether (sulfide) groups is 1. The smallest absolute Gasteiger partial charge is 0.243 e. The number of sulfonamides is 1. The third kappa shape index (κ3) is 3.91. The van der Waals surface area contributed by atoms with E-state index in [4.69, 9.17) is 0 Å². The maximum absolute atomic E-state index is 13.3. The lowest BCUT2D eigenvalue weighted by molar-refractivity contribution is 0.252. The first-order valence-electron chi connectivity index (χ1n) is 8.70. The predicted molar refractivity (Wildman–Crippen MR) is 102 cm³/mol. The van der Waals surface area contributed by atoms with Crippen LogP contribution in [0.2, 0.25) is 0 Å². The molecule has 2 aromatic rings. The quantitative estimate of drug-likeness (QED) is 0.725. The van der Waals surface area contributed by atoms with Gasteiger partial charge in [0.2, 0.25) is 10.0 Å². The number of aromatic nitrogens is 1. The first-order valence-corrected chi connectivity index (χ1v) is 11.1. The highest BCUT2D eigenvalue weighted by atomic mass is 32.2. The van der Waals surface area contributed by atoms with Gasteiger partial charge in [0, 0.05) is 18.3 Å². The first kappa shape index (κ1) is 18.4. The second-order valence-electron chi connectivity index (χ2n) is 6.27. The summed E-state index contributed by atoms with van der Waals surface area (Å²) in [5, 5.41) is 0.945. The third-order valence-corrected chi connectivity index (χ3v) is 7.35. The molecule has 3 rings (SSSR count). The van der Waals surface area contributed by atoms with Gasteiger partial charge in [0.1, 0.15) is 5.03 Å². The Morgan fingerprint density at radius 2 is 1.96 bits per heavy atom. The first-order chi connectivity index (χ1) is 12.0. The summed E-state index contributed by atoms with van der Waals surface area (Å²) in [7, 11) is -3.51. The molecule has 25 heavy (non-hydrogen) atoms. The van der Waals surface area contributed by atoms with Gasteiger partial charge in [-0.1, -0.05) is 37.1 Å². The maximum Gasteiger partial charge on any atom is 0.243 e. The molecule has 0 radical (unpaired) electrons. The Balaban J connectivity index is 2.00. The maximum atomic E-state index is 13.3. The van der Waals surface area contributed by atoms with Crippen molar-refractivity contribution in [2.45, 2.75) is 49.1 Å². The van der Waals surface area contributed by atoms with Gasteiger partial charge in [-0.05, 0) is 43.7 Å². The third-order valence-electron chi connectivity index (χ3n) is 4.52. The molecule has 0 saturated carbocycles. The molecule has 0 bridgehead atoms. The number of benzene rings is 1. The molecule has 1 aromatic heterocycles. The van der Waals surface area contributed by atoms with Gasteiger partial charge >= 0.3 is 0 Å². The highest BCUT2D eigenvalue weighted by Gasteiger charge is 2.35. The number of aryl methyl sites for hydroxylation is 1. The van der Waals surface area contributed by atoms with Crippen molar-refractivity contribution < 1.29 is 8.42 Å². The van der Waals surface area contributed by atoms with Crippen molar-refractivity contribution in [2.75, 3.05) is 12.3 Å². The minimum Gasteiger partial charge on any atom is -0.250 e. The van der Waals surface area contributed by atoms with Gasteiger partial charge in [0.15, 0.2) is 0 Å². The van der Waals surface area contributed by atoms with Crippen molar-refractivity contribution in [3.8, 4) is 0 Å². The molecule has 1 aromatic carbocycles. The van der Waals surface area contributed by atoms with Crippen molar-refractivity contribution in [2.24, 2.45) is 0 Å². The van der Waals surface area contributed by atoms with Crippen LogP contribution in [0.4, 0.5) is 0 Å². The monoisotopic (exact) mass is 376 g/mol. The highest BCUT2D eigenvalue weighted by Crippen LogP contribution is 2.38. The van der Waals surface area contributed by atoms with Crippen molar-refractivity contribution in [1.29, 1.82) is 0 Å². The Hall–Kier alpha value is -1.37. The van der Waals surface area contributed by atoms with Crippen molar-refractivity contribution in [3.05, 3.63) is 53.7 Å². The Kier molecular flexibility index (Phi) is 5.81. The van der Waals surface area contributed by atoms with E-state index < -0.39 is 10.0 Å². The van der Waals surface area contributed by atoms with Crippen LogP contribution < -0.4 is 0 Å². The zero-order chi connectivity index (χ0) is 17.9. The van der Waals surface area contributed by atoms with E-state index in [1.54, 1.807) is 34.4 Å². The number of hydrogen-bond donors (Lipinski definition) is 0. The highest BCUT2D eigenvalue weighted by molar-refractivity contribution is 7.99. The van der Waals surface area contributed by atoms with Gasteiger partial charge in [-0.2, -0.15) is 4.31 Å². The van der Waals surface area contributed by atoms with Crippen LogP contribution in [0.1, 0.15) is 43.4 Å². The number of piperidine rings is 1. The van der Waals surface area contributed by atoms with E-state index in [1.807, 2.05) is 31.2 Å². The Morgan fingerprint density at radius 3 is 2.68 bits per heavy atom. The van der Waals surface area contributed by atoms with Gasteiger partial charge in [0.05, 0.1) is 10.9 Å². The van der Waals surface area contributed by atoms with Crippen LogP contribution in [-0.2, 0) is 10.0 Å². The van der Waals surface area contributed by atoms with Crippen LogP contribution in [0.5, 0.6) is 0 Å². The lowest BCUT2D eigenvalue weighted by Gasteiger charge is -2.35. The van der Waals surface area contributed by atoms with Crippen molar-refractivity contribution in [1.82, 2.24) is 9.29 Å². The predicted octanol–water partition coefficient (Wildman–Crippen LogP) is 4.42. The summed E-state index contributed by atoms with van der Waals surface area (Å²) in [6.45, 7) is 4.61. The molecule has 0 spiro atoms. The molecule has 0 amide bonds. The van der Waals surface area contributed by atoms with Crippen molar-refractivity contribution in [3.63, 3.8) is 0 Å². The Labute approximate surface area is 154 Å². The van der Waals surface area contributed by atoms with E-state index in [0.717, 1.165) is 41.2 Å². The molecular formula is C19H24N2O2S2. The average molecular weight is 377 g/mol. The van der Waals surface area contributed by atoms with E-state index in [9.17, 15) is 8.42 Å². The molecule has 1 atom stereocenters. The van der Waals surface area contributed by atoms with Crippen LogP contribution in [0.3, 0.4) is 0 Å². The van der Waals surface area contributed by atoms with Crippen LogP contribution in [0.25, 0.3) is 0 Å². The zero-order valence-electron chi connectivity index (χ0n) is 14.7. The summed E-state index contributed by atoms with van der Waals surface area (Å²) in [4.78, 5) is 4.86. The normalized spacial score (nSPS) is 19.0. The number of pyridine rings is 1. The van der Waals surface area contributed by atoms with Crippen LogP contribution >= 0.6 is 11.8 Å². The fourth-order valence-corrected chi connectivity index (χ4v) is 5.72. The number of rotatable bonds is 5. The van der Waals surface area contributed by atoms with Gasteiger partial charge in [-0.3, -0.25) is 0 Å². The number of hydrogen-bond acceptors (Lipinski definition) is 4. The fraction of sp³-hybridized carbons (Fsp3) is 0.421. The average Bonchev–Trinajstić information content (AvgIpc) is 2.63. The van der Waals surface area contributed by atoms with Gasteiger partial charge in [0.25, 0.3) is 0 Å². The molecule has 1 fully saturated rings. The lowest BCUT2D eigenvalue weighted by atomic mass is 9.99. The molecule has 134 valence electrons. The largest absolute Gasteiger partial charge is 0.250 e. The Morgan fingerprint density at radius 1 is 1.20 bits per heavy atom. The van der Waals surface area contributed by atoms with Gasteiger partial charge < -0.3 is 0 Å². The van der Waals surface area contributed by atoms with Crippen molar-refractivity contribution >= 4 is 21.8 Å². The summed E-state index contributed by atoms with van der Waals surface area (Å²) in [6, 6.07) is 10.9. The Bertz CT molecular complexity index is 820. The SMILES string of the molecule is CCSc1ncccc1[C@H]1CCCCN1S(=O)(=O)c1ccc(C)cc1. The molecule has 1 aliphatic heterocycles. The fourth-order valence-electron chi connectivity index (χ4n) is 3.26. The molecular weight excluding hydrogens is 352 g/mol. The van der Waals surface area contributed by atoms with Gasteiger partial charge in [-0.25, -0.2) is 13.4 Å². The molecule has 2 heterocycles. The van der Waals surface area contributed by atoms with Crippen LogP contribution in [0, 0.1) is 6.92 Å². The summed E-state index contributed by atoms with van der Waals surface area (Å²) >= 11 is 1.67. The van der Waals surface area contributed by atoms with Crippen LogP contribution in [0.15, 0.2) is 52.5 Å².